The van der Waals surface area contributed by atoms with E-state index in [9.17, 15) is 0 Å². The fraction of sp³-hybridized carbons (Fsp3) is 0.500. The number of hydrogen-bond donors (Lipinski definition) is 1. The molecule has 0 amide bonds. The van der Waals surface area contributed by atoms with Crippen LogP contribution in [0.3, 0.4) is 0 Å². The van der Waals surface area contributed by atoms with E-state index in [4.69, 9.17) is 4.74 Å². The molecule has 0 bridgehead atoms. The predicted molar refractivity (Wildman–Crippen MR) is 57.3 cm³/mol. The van der Waals surface area contributed by atoms with Crippen molar-refractivity contribution >= 4 is 0 Å². The Labute approximate surface area is 85.3 Å². The van der Waals surface area contributed by atoms with Crippen molar-refractivity contribution in [3.63, 3.8) is 0 Å². The van der Waals surface area contributed by atoms with Gasteiger partial charge in [0.25, 0.3) is 0 Å². The molecular formula is C12H17NO. The summed E-state index contributed by atoms with van der Waals surface area (Å²) in [6.45, 7) is 6.04. The molecule has 1 atom stereocenters. The minimum Gasteiger partial charge on any atom is -0.378 e. The Morgan fingerprint density at radius 2 is 2.21 bits per heavy atom. The zero-order chi connectivity index (χ0) is 9.97. The Balaban J connectivity index is 1.98. The maximum atomic E-state index is 5.13. The van der Waals surface area contributed by atoms with Crippen molar-refractivity contribution in [1.82, 2.24) is 5.32 Å². The molecule has 14 heavy (non-hydrogen) atoms. The molecule has 2 heteroatoms. The van der Waals surface area contributed by atoms with E-state index in [1.54, 1.807) is 0 Å². The summed E-state index contributed by atoms with van der Waals surface area (Å²) in [5.74, 6) is 0. The summed E-state index contributed by atoms with van der Waals surface area (Å²) in [4.78, 5) is 0. The first kappa shape index (κ1) is 9.69. The van der Waals surface area contributed by atoms with Crippen LogP contribution in [0.15, 0.2) is 24.3 Å². The third-order valence-electron chi connectivity index (χ3n) is 2.67. The van der Waals surface area contributed by atoms with E-state index in [0.29, 0.717) is 12.1 Å². The topological polar surface area (TPSA) is 21.3 Å². The Morgan fingerprint density at radius 1 is 1.43 bits per heavy atom. The molecule has 0 spiro atoms. The molecule has 2 rings (SSSR count). The Kier molecular flexibility index (Phi) is 2.85. The molecule has 1 aromatic rings. The van der Waals surface area contributed by atoms with E-state index in [2.05, 4.69) is 43.4 Å². The minimum absolute atomic E-state index is 0.420. The molecule has 1 aliphatic rings. The molecule has 1 aromatic carbocycles. The highest BCUT2D eigenvalue weighted by molar-refractivity contribution is 5.24. The van der Waals surface area contributed by atoms with Gasteiger partial charge in [-0.05, 0) is 19.4 Å². The number of ether oxygens (including phenoxy) is 1. The second kappa shape index (κ2) is 4.11. The Bertz CT molecular complexity index is 307. The van der Waals surface area contributed by atoms with Crippen molar-refractivity contribution in [1.29, 1.82) is 0 Å². The van der Waals surface area contributed by atoms with Gasteiger partial charge < -0.3 is 10.1 Å². The van der Waals surface area contributed by atoms with Crippen LogP contribution in [-0.4, -0.2) is 19.3 Å². The van der Waals surface area contributed by atoms with Crippen molar-refractivity contribution in [3.8, 4) is 0 Å². The van der Waals surface area contributed by atoms with Crippen molar-refractivity contribution in [2.45, 2.75) is 25.9 Å². The summed E-state index contributed by atoms with van der Waals surface area (Å²) >= 11 is 0. The van der Waals surface area contributed by atoms with Crippen LogP contribution in [0.5, 0.6) is 0 Å². The second-order valence-electron chi connectivity index (χ2n) is 4.04. The van der Waals surface area contributed by atoms with Crippen LogP contribution in [0.2, 0.25) is 0 Å². The molecule has 76 valence electrons. The first-order valence-electron chi connectivity index (χ1n) is 5.16. The zero-order valence-corrected chi connectivity index (χ0v) is 8.79. The maximum Gasteiger partial charge on any atom is 0.0643 e. The molecule has 1 fully saturated rings. The summed E-state index contributed by atoms with van der Waals surface area (Å²) < 4.78 is 5.13. The quantitative estimate of drug-likeness (QED) is 0.789. The Hall–Kier alpha value is -0.860. The van der Waals surface area contributed by atoms with Gasteiger partial charge in [0, 0.05) is 6.04 Å². The third kappa shape index (κ3) is 2.14. The Morgan fingerprint density at radius 3 is 2.79 bits per heavy atom. The molecule has 1 N–H and O–H groups in total. The van der Waals surface area contributed by atoms with E-state index in [0.717, 1.165) is 13.2 Å². The lowest BCUT2D eigenvalue weighted by molar-refractivity contribution is -0.00925. The molecule has 1 heterocycles. The molecule has 0 aliphatic carbocycles. The van der Waals surface area contributed by atoms with E-state index >= 15 is 0 Å². The monoisotopic (exact) mass is 191 g/mol. The van der Waals surface area contributed by atoms with Crippen molar-refractivity contribution in [3.05, 3.63) is 35.4 Å². The summed E-state index contributed by atoms with van der Waals surface area (Å²) in [6, 6.07) is 9.61. The zero-order valence-electron chi connectivity index (χ0n) is 8.79. The number of aryl methyl sites for hydroxylation is 1. The highest BCUT2D eigenvalue weighted by atomic mass is 16.5. The number of rotatable bonds is 3. The van der Waals surface area contributed by atoms with Gasteiger partial charge in [0.2, 0.25) is 0 Å². The van der Waals surface area contributed by atoms with Gasteiger partial charge in [0.1, 0.15) is 0 Å². The van der Waals surface area contributed by atoms with Gasteiger partial charge in [-0.2, -0.15) is 0 Å². The summed E-state index contributed by atoms with van der Waals surface area (Å²) in [7, 11) is 0. The third-order valence-corrected chi connectivity index (χ3v) is 2.67. The molecule has 1 unspecified atom stereocenters. The van der Waals surface area contributed by atoms with Gasteiger partial charge in [0.15, 0.2) is 0 Å². The number of benzene rings is 1. The lowest BCUT2D eigenvalue weighted by atomic mass is 10.0. The first-order chi connectivity index (χ1) is 6.75. The van der Waals surface area contributed by atoms with Gasteiger partial charge >= 0.3 is 0 Å². The van der Waals surface area contributed by atoms with Crippen LogP contribution in [-0.2, 0) is 4.74 Å². The number of hydrogen-bond acceptors (Lipinski definition) is 2. The van der Waals surface area contributed by atoms with Crippen molar-refractivity contribution in [2.75, 3.05) is 13.2 Å². The van der Waals surface area contributed by atoms with Gasteiger partial charge in [-0.1, -0.05) is 29.8 Å². The lowest BCUT2D eigenvalue weighted by Crippen LogP contribution is -2.46. The van der Waals surface area contributed by atoms with Crippen molar-refractivity contribution < 1.29 is 4.74 Å². The normalized spacial score (nSPS) is 19.0. The minimum atomic E-state index is 0.420. The van der Waals surface area contributed by atoms with Gasteiger partial charge in [-0.25, -0.2) is 0 Å². The average Bonchev–Trinajstić information content (AvgIpc) is 2.11. The summed E-state index contributed by atoms with van der Waals surface area (Å²) in [5.41, 5.74) is 2.68. The summed E-state index contributed by atoms with van der Waals surface area (Å²) in [6.07, 6.45) is 0. The number of nitrogens with one attached hydrogen (secondary N) is 1. The first-order valence-corrected chi connectivity index (χ1v) is 5.16. The predicted octanol–water partition coefficient (Wildman–Crippen LogP) is 2.04. The smallest absolute Gasteiger partial charge is 0.0643 e. The van der Waals surface area contributed by atoms with E-state index in [-0.39, 0.29) is 0 Å². The highest BCUT2D eigenvalue weighted by Crippen LogP contribution is 2.15. The van der Waals surface area contributed by atoms with Crippen LogP contribution in [0.25, 0.3) is 0 Å². The SMILES string of the molecule is Cc1cccc(C(C)NC2COC2)c1. The summed E-state index contributed by atoms with van der Waals surface area (Å²) in [5, 5.41) is 3.53. The second-order valence-corrected chi connectivity index (χ2v) is 4.04. The van der Waals surface area contributed by atoms with Crippen LogP contribution in [0.1, 0.15) is 24.1 Å². The van der Waals surface area contributed by atoms with E-state index in [1.807, 2.05) is 0 Å². The van der Waals surface area contributed by atoms with Crippen LogP contribution in [0.4, 0.5) is 0 Å². The largest absolute Gasteiger partial charge is 0.378 e. The van der Waals surface area contributed by atoms with E-state index < -0.39 is 0 Å². The average molecular weight is 191 g/mol. The molecule has 0 radical (unpaired) electrons. The molecule has 1 saturated heterocycles. The fourth-order valence-electron chi connectivity index (χ4n) is 1.72. The molecular weight excluding hydrogens is 174 g/mol. The van der Waals surface area contributed by atoms with Crippen LogP contribution in [0, 0.1) is 6.92 Å². The van der Waals surface area contributed by atoms with Crippen LogP contribution >= 0.6 is 0 Å². The lowest BCUT2D eigenvalue weighted by Gasteiger charge is -2.30. The van der Waals surface area contributed by atoms with Gasteiger partial charge in [-0.15, -0.1) is 0 Å². The highest BCUT2D eigenvalue weighted by Gasteiger charge is 2.20. The van der Waals surface area contributed by atoms with E-state index in [1.165, 1.54) is 11.1 Å². The van der Waals surface area contributed by atoms with Gasteiger partial charge in [0.05, 0.1) is 19.3 Å². The fourth-order valence-corrected chi connectivity index (χ4v) is 1.72. The molecule has 0 aromatic heterocycles. The maximum absolute atomic E-state index is 5.13. The van der Waals surface area contributed by atoms with Crippen LogP contribution < -0.4 is 5.32 Å². The molecule has 1 aliphatic heterocycles. The van der Waals surface area contributed by atoms with Crippen molar-refractivity contribution in [2.24, 2.45) is 0 Å². The van der Waals surface area contributed by atoms with Gasteiger partial charge in [-0.3, -0.25) is 0 Å². The molecule has 0 saturated carbocycles. The standard InChI is InChI=1S/C12H17NO/c1-9-4-3-5-11(6-9)10(2)13-12-7-14-8-12/h3-6,10,12-13H,7-8H2,1-2H3. The molecule has 2 nitrogen and oxygen atoms in total.